The quantitative estimate of drug-likeness (QED) is 0.694. The van der Waals surface area contributed by atoms with Gasteiger partial charge in [-0.25, -0.2) is 9.97 Å². The Morgan fingerprint density at radius 2 is 2.06 bits per heavy atom. The van der Waals surface area contributed by atoms with Crippen LogP contribution >= 0.6 is 0 Å². The molecule has 0 spiro atoms. The number of fused-ring (bicyclic) bond motifs is 1. The number of aromatic nitrogens is 3. The van der Waals surface area contributed by atoms with Gasteiger partial charge in [-0.2, -0.15) is 0 Å². The number of rotatable bonds is 2. The number of anilines is 1. The molecule has 2 rings (SSSR count). The second-order valence-corrected chi connectivity index (χ2v) is 4.26. The van der Waals surface area contributed by atoms with Gasteiger partial charge >= 0.3 is 0 Å². The van der Waals surface area contributed by atoms with Gasteiger partial charge in [-0.15, -0.1) is 0 Å². The number of aromatic amines is 1. The molecule has 94 valence electrons. The molecule has 5 N–H and O–H groups in total. The number of nitrogens with two attached hydrogens (primary N) is 2. The summed E-state index contributed by atoms with van der Waals surface area (Å²) in [5.74, 6) is -0.177. The number of pyridine rings is 1. The molecule has 2 aromatic heterocycles. The van der Waals surface area contributed by atoms with Crippen LogP contribution in [0.3, 0.4) is 0 Å². The van der Waals surface area contributed by atoms with Gasteiger partial charge in [0.05, 0.1) is 10.9 Å². The van der Waals surface area contributed by atoms with Crippen LogP contribution in [-0.2, 0) is 0 Å². The highest BCUT2D eigenvalue weighted by Gasteiger charge is 2.13. The summed E-state index contributed by atoms with van der Waals surface area (Å²) in [6, 6.07) is 1.32. The van der Waals surface area contributed by atoms with Gasteiger partial charge in [0.15, 0.2) is 5.65 Å². The standard InChI is InChI=1S/C11H13N5O2/c1-4(2)9-15-10-6(11(18)16-9)3-5(8(13)17)7(12)14-10/h3-4H,1-2H3,(H2,13,17)(H3,12,14,15,16,18). The highest BCUT2D eigenvalue weighted by atomic mass is 16.1. The second-order valence-electron chi connectivity index (χ2n) is 4.26. The Hall–Kier alpha value is -2.44. The van der Waals surface area contributed by atoms with Crippen LogP contribution in [0.2, 0.25) is 0 Å². The van der Waals surface area contributed by atoms with Crippen LogP contribution in [0, 0.1) is 0 Å². The smallest absolute Gasteiger partial charge is 0.260 e. The lowest BCUT2D eigenvalue weighted by molar-refractivity contribution is 0.100. The first kappa shape index (κ1) is 12.0. The minimum atomic E-state index is -0.728. The third-order valence-corrected chi connectivity index (χ3v) is 2.56. The molecule has 0 bridgehead atoms. The van der Waals surface area contributed by atoms with E-state index in [1.807, 2.05) is 13.8 Å². The molecule has 2 aromatic rings. The number of nitrogens with one attached hydrogen (secondary N) is 1. The maximum absolute atomic E-state index is 11.9. The number of carbonyl (C=O) groups is 1. The molecule has 0 aliphatic heterocycles. The Kier molecular flexibility index (Phi) is 2.74. The van der Waals surface area contributed by atoms with Crippen molar-refractivity contribution in [3.05, 3.63) is 27.8 Å². The van der Waals surface area contributed by atoms with Crippen molar-refractivity contribution in [2.45, 2.75) is 19.8 Å². The fourth-order valence-corrected chi connectivity index (χ4v) is 1.57. The molecule has 18 heavy (non-hydrogen) atoms. The van der Waals surface area contributed by atoms with E-state index in [0.717, 1.165) is 0 Å². The third kappa shape index (κ3) is 1.90. The first-order chi connectivity index (χ1) is 8.40. The summed E-state index contributed by atoms with van der Waals surface area (Å²) in [6.45, 7) is 3.79. The topological polar surface area (TPSA) is 128 Å². The molecule has 0 aromatic carbocycles. The van der Waals surface area contributed by atoms with E-state index in [9.17, 15) is 9.59 Å². The Bertz CT molecular complexity index is 690. The van der Waals surface area contributed by atoms with E-state index >= 15 is 0 Å². The number of amides is 1. The molecule has 0 aliphatic rings. The van der Waals surface area contributed by atoms with Crippen LogP contribution in [0.5, 0.6) is 0 Å². The summed E-state index contributed by atoms with van der Waals surface area (Å²) in [6.07, 6.45) is 0. The Morgan fingerprint density at radius 3 is 2.61 bits per heavy atom. The van der Waals surface area contributed by atoms with E-state index in [2.05, 4.69) is 15.0 Å². The van der Waals surface area contributed by atoms with Crippen LogP contribution in [-0.4, -0.2) is 20.9 Å². The van der Waals surface area contributed by atoms with Gasteiger partial charge in [0.2, 0.25) is 0 Å². The van der Waals surface area contributed by atoms with Gasteiger partial charge < -0.3 is 16.5 Å². The zero-order valence-corrected chi connectivity index (χ0v) is 10.0. The third-order valence-electron chi connectivity index (χ3n) is 2.56. The first-order valence-electron chi connectivity index (χ1n) is 5.40. The number of hydrogen-bond donors (Lipinski definition) is 3. The van der Waals surface area contributed by atoms with Crippen molar-refractivity contribution in [1.82, 2.24) is 15.0 Å². The molecule has 0 radical (unpaired) electrons. The fraction of sp³-hybridized carbons (Fsp3) is 0.273. The molecule has 2 heterocycles. The molecule has 0 saturated carbocycles. The Balaban J connectivity index is 2.81. The molecule has 1 amide bonds. The lowest BCUT2D eigenvalue weighted by Crippen LogP contribution is -2.18. The van der Waals surface area contributed by atoms with Crippen molar-refractivity contribution in [3.8, 4) is 0 Å². The van der Waals surface area contributed by atoms with E-state index < -0.39 is 5.91 Å². The summed E-state index contributed by atoms with van der Waals surface area (Å²) in [5, 5.41) is 0.197. The number of H-pyrrole nitrogens is 1. The minimum Gasteiger partial charge on any atom is -0.383 e. The van der Waals surface area contributed by atoms with Crippen LogP contribution in [0.4, 0.5) is 5.82 Å². The lowest BCUT2D eigenvalue weighted by Gasteiger charge is -2.07. The highest BCUT2D eigenvalue weighted by molar-refractivity contribution is 6.00. The molecule has 0 aliphatic carbocycles. The highest BCUT2D eigenvalue weighted by Crippen LogP contribution is 2.15. The molecular weight excluding hydrogens is 234 g/mol. The first-order valence-corrected chi connectivity index (χ1v) is 5.40. The largest absolute Gasteiger partial charge is 0.383 e. The minimum absolute atomic E-state index is 0.0205. The number of carbonyl (C=O) groups excluding carboxylic acids is 1. The van der Waals surface area contributed by atoms with Gasteiger partial charge in [0.25, 0.3) is 11.5 Å². The van der Waals surface area contributed by atoms with Crippen molar-refractivity contribution in [3.63, 3.8) is 0 Å². The zero-order chi connectivity index (χ0) is 13.4. The average molecular weight is 247 g/mol. The van der Waals surface area contributed by atoms with E-state index in [0.29, 0.717) is 5.82 Å². The normalized spacial score (nSPS) is 11.1. The average Bonchev–Trinajstić information content (AvgIpc) is 2.27. The molecule has 7 heteroatoms. The number of hydrogen-bond acceptors (Lipinski definition) is 5. The van der Waals surface area contributed by atoms with Crippen LogP contribution < -0.4 is 17.0 Å². The van der Waals surface area contributed by atoms with Gasteiger partial charge in [0.1, 0.15) is 11.6 Å². The van der Waals surface area contributed by atoms with Crippen molar-refractivity contribution in [2.24, 2.45) is 5.73 Å². The van der Waals surface area contributed by atoms with Gasteiger partial charge in [-0.3, -0.25) is 9.59 Å². The molecule has 0 saturated heterocycles. The number of nitrogens with zero attached hydrogens (tertiary/aromatic N) is 2. The van der Waals surface area contributed by atoms with Gasteiger partial charge in [0, 0.05) is 5.92 Å². The number of primary amides is 1. The summed E-state index contributed by atoms with van der Waals surface area (Å²) in [5.41, 5.74) is 10.6. The van der Waals surface area contributed by atoms with E-state index in [1.54, 1.807) is 0 Å². The molecule has 7 nitrogen and oxygen atoms in total. The molecular formula is C11H13N5O2. The van der Waals surface area contributed by atoms with Gasteiger partial charge in [-0.05, 0) is 6.07 Å². The Labute approximate surface area is 102 Å². The van der Waals surface area contributed by atoms with Crippen LogP contribution in [0.25, 0.3) is 11.0 Å². The summed E-state index contributed by atoms with van der Waals surface area (Å²) in [4.78, 5) is 33.8. The van der Waals surface area contributed by atoms with Gasteiger partial charge in [-0.1, -0.05) is 13.8 Å². The van der Waals surface area contributed by atoms with Crippen molar-refractivity contribution in [2.75, 3.05) is 5.73 Å². The monoisotopic (exact) mass is 247 g/mol. The molecule has 0 unspecified atom stereocenters. The Morgan fingerprint density at radius 1 is 1.39 bits per heavy atom. The van der Waals surface area contributed by atoms with Crippen LogP contribution in [0.1, 0.15) is 35.9 Å². The summed E-state index contributed by atoms with van der Waals surface area (Å²) in [7, 11) is 0. The molecule has 0 atom stereocenters. The summed E-state index contributed by atoms with van der Waals surface area (Å²) >= 11 is 0. The number of nitrogen functional groups attached to an aromatic ring is 1. The zero-order valence-electron chi connectivity index (χ0n) is 10.0. The predicted octanol–water partition coefficient (Wildman–Crippen LogP) is 0.123. The maximum Gasteiger partial charge on any atom is 0.260 e. The van der Waals surface area contributed by atoms with E-state index in [-0.39, 0.29) is 33.9 Å². The van der Waals surface area contributed by atoms with Crippen molar-refractivity contribution >= 4 is 22.8 Å². The predicted molar refractivity (Wildman–Crippen MR) is 67.2 cm³/mol. The second kappa shape index (κ2) is 4.10. The van der Waals surface area contributed by atoms with Crippen molar-refractivity contribution in [1.29, 1.82) is 0 Å². The summed E-state index contributed by atoms with van der Waals surface area (Å²) < 4.78 is 0. The van der Waals surface area contributed by atoms with E-state index in [4.69, 9.17) is 11.5 Å². The SMILES string of the molecule is CC(C)c1nc2nc(N)c(C(N)=O)cc2c(=O)[nH]1. The van der Waals surface area contributed by atoms with Crippen molar-refractivity contribution < 1.29 is 4.79 Å². The molecule has 0 fully saturated rings. The van der Waals surface area contributed by atoms with E-state index in [1.165, 1.54) is 6.07 Å². The lowest BCUT2D eigenvalue weighted by atomic mass is 10.2. The van der Waals surface area contributed by atoms with Crippen LogP contribution in [0.15, 0.2) is 10.9 Å². The maximum atomic E-state index is 11.9. The fourth-order valence-electron chi connectivity index (χ4n) is 1.57.